The van der Waals surface area contributed by atoms with Gasteiger partial charge < -0.3 is 4.74 Å². The number of sulfonamides is 1. The van der Waals surface area contributed by atoms with E-state index in [1.165, 1.54) is 11.3 Å². The van der Waals surface area contributed by atoms with E-state index in [1.807, 2.05) is 56.6 Å². The number of para-hydroxylation sites is 1. The topological polar surface area (TPSA) is 97.6 Å². The number of ether oxygens (including phenoxy) is 1. The van der Waals surface area contributed by atoms with Crippen molar-refractivity contribution in [1.82, 2.24) is 19.1 Å². The number of benzene rings is 2. The summed E-state index contributed by atoms with van der Waals surface area (Å²) in [6.07, 6.45) is 5.04. The number of thiazole rings is 1. The average Bonchev–Trinajstić information content (AvgIpc) is 3.56. The Morgan fingerprint density at radius 3 is 2.45 bits per heavy atom. The molecule has 2 aromatic carbocycles. The van der Waals surface area contributed by atoms with Crippen LogP contribution in [0.5, 0.6) is 5.75 Å². The lowest BCUT2D eigenvalue weighted by Gasteiger charge is -2.32. The number of aromatic nitrogens is 3. The number of fused-ring (bicyclic) bond motifs is 1. The number of carbonyl (C=O) groups excluding carboxylic acids is 1. The van der Waals surface area contributed by atoms with Crippen LogP contribution in [0, 0.1) is 13.8 Å². The highest BCUT2D eigenvalue weighted by Gasteiger charge is 2.31. The molecule has 2 aromatic heterocycles. The third kappa shape index (κ3) is 6.23. The molecule has 0 spiro atoms. The lowest BCUT2D eigenvalue weighted by atomic mass is 9.95. The molecule has 1 fully saturated rings. The first-order chi connectivity index (χ1) is 20.2. The molecule has 2 heterocycles. The van der Waals surface area contributed by atoms with Crippen LogP contribution >= 0.6 is 11.3 Å². The molecule has 0 radical (unpaired) electrons. The second-order valence-electron chi connectivity index (χ2n) is 10.7. The van der Waals surface area contributed by atoms with Gasteiger partial charge in [0.2, 0.25) is 10.0 Å². The van der Waals surface area contributed by atoms with Crippen LogP contribution in [-0.2, 0) is 16.6 Å². The number of hydrogen-bond donors (Lipinski definition) is 0. The minimum atomic E-state index is -3.67. The van der Waals surface area contributed by atoms with E-state index in [1.54, 1.807) is 33.5 Å². The van der Waals surface area contributed by atoms with Crippen LogP contribution < -0.4 is 9.64 Å². The number of amides is 1. The van der Waals surface area contributed by atoms with E-state index < -0.39 is 10.0 Å². The summed E-state index contributed by atoms with van der Waals surface area (Å²) in [4.78, 5) is 20.7. The molecule has 11 heteroatoms. The van der Waals surface area contributed by atoms with Crippen LogP contribution in [0.3, 0.4) is 0 Å². The highest BCUT2D eigenvalue weighted by atomic mass is 32.2. The van der Waals surface area contributed by atoms with E-state index in [2.05, 4.69) is 5.10 Å². The van der Waals surface area contributed by atoms with Gasteiger partial charge in [-0.1, -0.05) is 43.6 Å². The van der Waals surface area contributed by atoms with Gasteiger partial charge in [0.15, 0.2) is 5.13 Å². The number of carbonyl (C=O) groups is 1. The Hall–Kier alpha value is -3.28. The Bertz CT molecular complexity index is 1640. The quantitative estimate of drug-likeness (QED) is 0.201. The fourth-order valence-corrected chi connectivity index (χ4v) is 8.43. The Morgan fingerprint density at radius 2 is 1.81 bits per heavy atom. The monoisotopic (exact) mass is 609 g/mol. The molecule has 1 saturated carbocycles. The Labute approximate surface area is 252 Å². The summed E-state index contributed by atoms with van der Waals surface area (Å²) in [6.45, 7) is 9.51. The van der Waals surface area contributed by atoms with Crippen molar-refractivity contribution < 1.29 is 17.9 Å². The van der Waals surface area contributed by atoms with Gasteiger partial charge in [0.25, 0.3) is 5.91 Å². The molecule has 0 N–H and O–H groups in total. The van der Waals surface area contributed by atoms with Crippen molar-refractivity contribution >= 4 is 42.6 Å². The van der Waals surface area contributed by atoms with Crippen molar-refractivity contribution in [2.45, 2.75) is 77.3 Å². The smallest absolute Gasteiger partial charge is 0.260 e. The minimum absolute atomic E-state index is 0.0283. The van der Waals surface area contributed by atoms with E-state index in [-0.39, 0.29) is 16.8 Å². The summed E-state index contributed by atoms with van der Waals surface area (Å²) >= 11 is 1.42. The molecule has 0 unspecified atom stereocenters. The zero-order chi connectivity index (χ0) is 29.9. The Kier molecular flexibility index (Phi) is 9.29. The molecule has 4 aromatic rings. The van der Waals surface area contributed by atoms with Gasteiger partial charge in [-0.25, -0.2) is 13.4 Å². The number of aryl methyl sites for hydroxylation is 2. The fraction of sp³-hybridized carbons (Fsp3) is 0.452. The number of rotatable bonds is 11. The van der Waals surface area contributed by atoms with E-state index in [4.69, 9.17) is 9.72 Å². The summed E-state index contributed by atoms with van der Waals surface area (Å²) in [7, 11) is -3.67. The number of nitrogens with zero attached hydrogens (tertiary/aromatic N) is 5. The number of hydrogen-bond acceptors (Lipinski definition) is 7. The molecule has 0 saturated heterocycles. The molecule has 5 rings (SSSR count). The minimum Gasteiger partial charge on any atom is -0.492 e. The second kappa shape index (κ2) is 12.9. The highest BCUT2D eigenvalue weighted by Crippen LogP contribution is 2.35. The van der Waals surface area contributed by atoms with Gasteiger partial charge in [0, 0.05) is 30.4 Å². The van der Waals surface area contributed by atoms with Gasteiger partial charge in [-0.2, -0.15) is 9.40 Å². The zero-order valence-corrected chi connectivity index (χ0v) is 26.4. The van der Waals surface area contributed by atoms with Crippen LogP contribution in [0.15, 0.2) is 53.4 Å². The summed E-state index contributed by atoms with van der Waals surface area (Å²) < 4.78 is 37.4. The maximum Gasteiger partial charge on any atom is 0.260 e. The molecular weight excluding hydrogens is 571 g/mol. The van der Waals surface area contributed by atoms with Crippen molar-refractivity contribution in [1.29, 1.82) is 0 Å². The van der Waals surface area contributed by atoms with Crippen molar-refractivity contribution in [2.75, 3.05) is 24.6 Å². The van der Waals surface area contributed by atoms with Crippen molar-refractivity contribution in [3.8, 4) is 5.75 Å². The third-order valence-electron chi connectivity index (χ3n) is 7.79. The molecule has 1 aliphatic carbocycles. The van der Waals surface area contributed by atoms with E-state index in [9.17, 15) is 13.2 Å². The van der Waals surface area contributed by atoms with Gasteiger partial charge in [-0.3, -0.25) is 14.4 Å². The van der Waals surface area contributed by atoms with Crippen LogP contribution in [0.1, 0.15) is 67.7 Å². The van der Waals surface area contributed by atoms with Gasteiger partial charge in [-0.15, -0.1) is 0 Å². The molecule has 224 valence electrons. The normalized spacial score (nSPS) is 14.5. The standard InChI is InChI=1S/C31H39N5O4S2/c1-5-36(25-11-8-7-9-12-25)42(38,39)26-17-15-24(16-18-26)30(37)34(19-20-35-23(4)21-22(3)33-35)31-32-29-27(40-6-2)13-10-14-28(29)41-31/h10,13-18,21,25H,5-9,11-12,19-20H2,1-4H3. The van der Waals surface area contributed by atoms with Gasteiger partial charge in [0.05, 0.1) is 28.4 Å². The summed E-state index contributed by atoms with van der Waals surface area (Å²) in [5, 5.41) is 5.11. The number of anilines is 1. The van der Waals surface area contributed by atoms with E-state index in [0.717, 1.165) is 48.2 Å². The SMILES string of the molecule is CCOc1cccc2sc(N(CCn3nc(C)cc3C)C(=O)c3ccc(S(=O)(=O)N(CC)C4CCCCC4)cc3)nc12. The molecular formula is C31H39N5O4S2. The highest BCUT2D eigenvalue weighted by molar-refractivity contribution is 7.89. The maximum absolute atomic E-state index is 14.0. The van der Waals surface area contributed by atoms with Gasteiger partial charge in [-0.05, 0) is 76.1 Å². The molecule has 1 amide bonds. The second-order valence-corrected chi connectivity index (χ2v) is 13.6. The van der Waals surface area contributed by atoms with Gasteiger partial charge in [0.1, 0.15) is 11.3 Å². The van der Waals surface area contributed by atoms with E-state index in [0.29, 0.717) is 48.2 Å². The van der Waals surface area contributed by atoms with E-state index >= 15 is 0 Å². The first-order valence-electron chi connectivity index (χ1n) is 14.7. The predicted octanol–water partition coefficient (Wildman–Crippen LogP) is 6.20. The molecule has 42 heavy (non-hydrogen) atoms. The predicted molar refractivity (Wildman–Crippen MR) is 167 cm³/mol. The first kappa shape index (κ1) is 30.2. The molecule has 0 bridgehead atoms. The fourth-order valence-electron chi connectivity index (χ4n) is 5.73. The third-order valence-corrected chi connectivity index (χ3v) is 10.9. The maximum atomic E-state index is 14.0. The van der Waals surface area contributed by atoms with Crippen molar-refractivity contribution in [2.24, 2.45) is 0 Å². The van der Waals surface area contributed by atoms with Crippen LogP contribution in [0.25, 0.3) is 10.2 Å². The zero-order valence-electron chi connectivity index (χ0n) is 24.7. The average molecular weight is 610 g/mol. The summed E-state index contributed by atoms with van der Waals surface area (Å²) in [5.74, 6) is 0.425. The lowest BCUT2D eigenvalue weighted by molar-refractivity contribution is 0.0985. The summed E-state index contributed by atoms with van der Waals surface area (Å²) in [5.41, 5.74) is 3.04. The van der Waals surface area contributed by atoms with Crippen LogP contribution in [0.2, 0.25) is 0 Å². The van der Waals surface area contributed by atoms with Crippen LogP contribution in [0.4, 0.5) is 5.13 Å². The van der Waals surface area contributed by atoms with Crippen LogP contribution in [-0.4, -0.2) is 59.1 Å². The summed E-state index contributed by atoms with van der Waals surface area (Å²) in [6, 6.07) is 14.1. The molecule has 0 aliphatic heterocycles. The molecule has 1 aliphatic rings. The Morgan fingerprint density at radius 1 is 1.07 bits per heavy atom. The van der Waals surface area contributed by atoms with Crippen molar-refractivity contribution in [3.05, 3.63) is 65.5 Å². The lowest BCUT2D eigenvalue weighted by Crippen LogP contribution is -2.41. The van der Waals surface area contributed by atoms with Crippen molar-refractivity contribution in [3.63, 3.8) is 0 Å². The Balaban J connectivity index is 1.45. The van der Waals surface area contributed by atoms with Gasteiger partial charge >= 0.3 is 0 Å². The first-order valence-corrected chi connectivity index (χ1v) is 17.0. The molecule has 9 nitrogen and oxygen atoms in total. The molecule has 0 atom stereocenters. The largest absolute Gasteiger partial charge is 0.492 e.